The van der Waals surface area contributed by atoms with E-state index >= 15 is 0 Å². The zero-order valence-electron chi connectivity index (χ0n) is 9.42. The van der Waals surface area contributed by atoms with Crippen LogP contribution in [0.4, 0.5) is 4.39 Å². The number of nitrogens with zero attached hydrogens (tertiary/aromatic N) is 1. The topological polar surface area (TPSA) is 70.4 Å². The van der Waals surface area contributed by atoms with Gasteiger partial charge in [-0.1, -0.05) is 0 Å². The van der Waals surface area contributed by atoms with Crippen LogP contribution in [-0.4, -0.2) is 21.2 Å². The molecule has 2 heterocycles. The average Bonchev–Trinajstić information content (AvgIpc) is 2.78. The van der Waals surface area contributed by atoms with E-state index in [0.29, 0.717) is 0 Å². The van der Waals surface area contributed by atoms with Crippen molar-refractivity contribution < 1.29 is 19.4 Å². The molecule has 0 amide bonds. The van der Waals surface area contributed by atoms with Crippen LogP contribution in [0.25, 0.3) is 0 Å². The van der Waals surface area contributed by atoms with Crippen molar-refractivity contribution in [1.82, 2.24) is 4.98 Å². The summed E-state index contributed by atoms with van der Waals surface area (Å²) in [5.74, 6) is -1.71. The Morgan fingerprint density at radius 2 is 2.22 bits per heavy atom. The molecule has 0 spiro atoms. The van der Waals surface area contributed by atoms with Crippen molar-refractivity contribution in [1.29, 1.82) is 0 Å². The van der Waals surface area contributed by atoms with Crippen LogP contribution in [-0.2, 0) is 5.60 Å². The molecule has 1 atom stereocenters. The van der Waals surface area contributed by atoms with E-state index < -0.39 is 17.4 Å². The molecular formula is C12H10FNO3S. The molecule has 0 aliphatic rings. The summed E-state index contributed by atoms with van der Waals surface area (Å²) in [5, 5.41) is 21.0. The molecule has 0 aromatic carbocycles. The Labute approximate surface area is 106 Å². The van der Waals surface area contributed by atoms with E-state index in [2.05, 4.69) is 4.98 Å². The number of thiophene rings is 1. The fraction of sp³-hybridized carbons (Fsp3) is 0.167. The van der Waals surface area contributed by atoms with Crippen molar-refractivity contribution in [2.24, 2.45) is 0 Å². The van der Waals surface area contributed by atoms with Crippen molar-refractivity contribution in [2.45, 2.75) is 12.5 Å². The summed E-state index contributed by atoms with van der Waals surface area (Å²) in [7, 11) is 0. The highest BCUT2D eigenvalue weighted by Gasteiger charge is 2.32. The van der Waals surface area contributed by atoms with Gasteiger partial charge >= 0.3 is 5.97 Å². The minimum atomic E-state index is -1.59. The minimum absolute atomic E-state index is 0.00858. The molecule has 4 nitrogen and oxygen atoms in total. The number of hydrogen-bond acceptors (Lipinski definition) is 4. The number of aromatic carboxylic acids is 1. The summed E-state index contributed by atoms with van der Waals surface area (Å²) < 4.78 is 13.1. The van der Waals surface area contributed by atoms with Crippen LogP contribution in [0.3, 0.4) is 0 Å². The molecule has 1 unspecified atom stereocenters. The lowest BCUT2D eigenvalue weighted by molar-refractivity contribution is 0.0673. The first-order valence-corrected chi connectivity index (χ1v) is 5.95. The van der Waals surface area contributed by atoms with Crippen LogP contribution in [0.1, 0.15) is 27.7 Å². The summed E-state index contributed by atoms with van der Waals surface area (Å²) in [4.78, 5) is 14.9. The van der Waals surface area contributed by atoms with E-state index in [-0.39, 0.29) is 16.0 Å². The molecule has 94 valence electrons. The fourth-order valence-electron chi connectivity index (χ4n) is 1.66. The van der Waals surface area contributed by atoms with E-state index in [0.717, 1.165) is 23.6 Å². The van der Waals surface area contributed by atoms with Crippen molar-refractivity contribution in [2.75, 3.05) is 0 Å². The second-order valence-electron chi connectivity index (χ2n) is 3.93. The Bertz CT molecular complexity index is 595. The first-order valence-electron chi connectivity index (χ1n) is 5.07. The summed E-state index contributed by atoms with van der Waals surface area (Å²) in [6.07, 6.45) is 2.33. The molecule has 2 aromatic rings. The highest BCUT2D eigenvalue weighted by molar-refractivity contribution is 7.10. The van der Waals surface area contributed by atoms with E-state index in [1.807, 2.05) is 0 Å². The van der Waals surface area contributed by atoms with Crippen LogP contribution in [0.15, 0.2) is 29.9 Å². The predicted octanol–water partition coefficient (Wildman–Crippen LogP) is 2.24. The van der Waals surface area contributed by atoms with Crippen LogP contribution >= 0.6 is 11.3 Å². The Kier molecular flexibility index (Phi) is 3.14. The van der Waals surface area contributed by atoms with Crippen LogP contribution in [0.2, 0.25) is 0 Å². The average molecular weight is 267 g/mol. The van der Waals surface area contributed by atoms with Crippen LogP contribution in [0, 0.1) is 5.82 Å². The highest BCUT2D eigenvalue weighted by atomic mass is 32.1. The molecule has 6 heteroatoms. The number of carboxylic acids is 1. The molecule has 2 N–H and O–H groups in total. The smallest absolute Gasteiger partial charge is 0.336 e. The molecule has 0 saturated carbocycles. The number of aliphatic hydroxyl groups is 1. The van der Waals surface area contributed by atoms with Gasteiger partial charge in [-0.15, -0.1) is 11.3 Å². The lowest BCUT2D eigenvalue weighted by atomic mass is 9.93. The SMILES string of the molecule is CC(O)(c1cncc(F)c1)c1sccc1C(=O)O. The number of halogens is 1. The first-order chi connectivity index (χ1) is 8.43. The first kappa shape index (κ1) is 12.7. The summed E-state index contributed by atoms with van der Waals surface area (Å²) in [5.41, 5.74) is -1.36. The van der Waals surface area contributed by atoms with Gasteiger partial charge in [0.25, 0.3) is 0 Å². The van der Waals surface area contributed by atoms with Gasteiger partial charge < -0.3 is 10.2 Å². The summed E-state index contributed by atoms with van der Waals surface area (Å²) in [6.45, 7) is 1.42. The number of rotatable bonds is 3. The van der Waals surface area contributed by atoms with E-state index in [1.54, 1.807) is 5.38 Å². The van der Waals surface area contributed by atoms with Gasteiger partial charge in [-0.25, -0.2) is 9.18 Å². The fourth-order valence-corrected chi connectivity index (χ4v) is 2.63. The van der Waals surface area contributed by atoms with Gasteiger partial charge in [-0.2, -0.15) is 0 Å². The largest absolute Gasteiger partial charge is 0.478 e. The molecule has 0 radical (unpaired) electrons. The second kappa shape index (κ2) is 4.47. The molecule has 0 bridgehead atoms. The normalized spacial score (nSPS) is 14.2. The molecule has 0 saturated heterocycles. The number of aromatic nitrogens is 1. The molecule has 2 rings (SSSR count). The molecule has 2 aromatic heterocycles. The van der Waals surface area contributed by atoms with Gasteiger partial charge in [0.1, 0.15) is 11.4 Å². The van der Waals surface area contributed by atoms with E-state index in [1.165, 1.54) is 19.2 Å². The monoisotopic (exact) mass is 267 g/mol. The molecular weight excluding hydrogens is 257 g/mol. The van der Waals surface area contributed by atoms with Gasteiger partial charge in [0.05, 0.1) is 16.6 Å². The predicted molar refractivity (Wildman–Crippen MR) is 64.1 cm³/mol. The standard InChI is InChI=1S/C12H10FNO3S/c1-12(17,7-4-8(13)6-14-5-7)10-9(11(15)16)2-3-18-10/h2-6,17H,1H3,(H,15,16). The number of hydrogen-bond donors (Lipinski definition) is 2. The van der Waals surface area contributed by atoms with E-state index in [9.17, 15) is 14.3 Å². The zero-order valence-corrected chi connectivity index (χ0v) is 10.2. The molecule has 0 fully saturated rings. The third-order valence-corrected chi connectivity index (χ3v) is 3.73. The maximum absolute atomic E-state index is 13.1. The Balaban J connectivity index is 2.54. The summed E-state index contributed by atoms with van der Waals surface area (Å²) in [6, 6.07) is 2.54. The van der Waals surface area contributed by atoms with Gasteiger partial charge in [0.2, 0.25) is 0 Å². The quantitative estimate of drug-likeness (QED) is 0.894. The zero-order chi connectivity index (χ0) is 13.3. The van der Waals surface area contributed by atoms with Crippen molar-refractivity contribution in [3.8, 4) is 0 Å². The van der Waals surface area contributed by atoms with Gasteiger partial charge in [-0.05, 0) is 24.4 Å². The minimum Gasteiger partial charge on any atom is -0.478 e. The van der Waals surface area contributed by atoms with Gasteiger partial charge in [0, 0.05) is 11.8 Å². The molecule has 18 heavy (non-hydrogen) atoms. The maximum Gasteiger partial charge on any atom is 0.336 e. The molecule has 0 aliphatic heterocycles. The second-order valence-corrected chi connectivity index (χ2v) is 4.85. The third-order valence-electron chi connectivity index (χ3n) is 2.60. The molecule has 0 aliphatic carbocycles. The van der Waals surface area contributed by atoms with Crippen molar-refractivity contribution in [3.63, 3.8) is 0 Å². The Morgan fingerprint density at radius 1 is 1.50 bits per heavy atom. The third kappa shape index (κ3) is 2.12. The van der Waals surface area contributed by atoms with Crippen molar-refractivity contribution >= 4 is 17.3 Å². The number of carbonyl (C=O) groups is 1. The van der Waals surface area contributed by atoms with Gasteiger partial charge in [0.15, 0.2) is 0 Å². The Hall–Kier alpha value is -1.79. The van der Waals surface area contributed by atoms with Crippen molar-refractivity contribution in [3.05, 3.63) is 51.7 Å². The maximum atomic E-state index is 13.1. The highest BCUT2D eigenvalue weighted by Crippen LogP contribution is 2.35. The van der Waals surface area contributed by atoms with Gasteiger partial charge in [-0.3, -0.25) is 4.98 Å². The van der Waals surface area contributed by atoms with E-state index in [4.69, 9.17) is 5.11 Å². The number of carboxylic acid groups (broad SMARTS) is 1. The number of pyridine rings is 1. The summed E-state index contributed by atoms with van der Waals surface area (Å²) >= 11 is 1.10. The lowest BCUT2D eigenvalue weighted by Crippen LogP contribution is -2.24. The lowest BCUT2D eigenvalue weighted by Gasteiger charge is -2.23. The Morgan fingerprint density at radius 3 is 2.83 bits per heavy atom. The van der Waals surface area contributed by atoms with Crippen LogP contribution < -0.4 is 0 Å². The van der Waals surface area contributed by atoms with Crippen LogP contribution in [0.5, 0.6) is 0 Å².